The van der Waals surface area contributed by atoms with Crippen LogP contribution in [0.15, 0.2) is 12.3 Å². The van der Waals surface area contributed by atoms with Gasteiger partial charge in [-0.1, -0.05) is 18.0 Å². The largest absolute Gasteiger partial charge is 0.373 e. The highest BCUT2D eigenvalue weighted by atomic mass is 35.5. The van der Waals surface area contributed by atoms with E-state index in [4.69, 9.17) is 11.6 Å². The van der Waals surface area contributed by atoms with E-state index in [2.05, 4.69) is 10.3 Å². The topological polar surface area (TPSA) is 45.2 Å². The zero-order chi connectivity index (χ0) is 14.1. The van der Waals surface area contributed by atoms with Gasteiger partial charge in [0.1, 0.15) is 5.82 Å². The van der Waals surface area contributed by atoms with Crippen molar-refractivity contribution < 1.29 is 4.79 Å². The summed E-state index contributed by atoms with van der Waals surface area (Å²) in [7, 11) is 1.79. The fourth-order valence-electron chi connectivity index (χ4n) is 3.60. The molecule has 2 aliphatic rings. The number of hydrogen-bond acceptors (Lipinski definition) is 3. The number of carbonyl (C=O) groups excluding carboxylic acids is 1. The van der Waals surface area contributed by atoms with Crippen molar-refractivity contribution in [2.45, 2.75) is 38.1 Å². The van der Waals surface area contributed by atoms with Gasteiger partial charge in [-0.05, 0) is 37.7 Å². The number of nitrogens with zero attached hydrogens (tertiary/aromatic N) is 2. The highest BCUT2D eigenvalue weighted by Gasteiger charge is 2.38. The van der Waals surface area contributed by atoms with Crippen LogP contribution in [-0.4, -0.2) is 35.4 Å². The van der Waals surface area contributed by atoms with E-state index < -0.39 is 0 Å². The molecule has 1 aromatic rings. The molecule has 2 unspecified atom stereocenters. The van der Waals surface area contributed by atoms with Crippen molar-refractivity contribution in [1.82, 2.24) is 9.88 Å². The Labute approximate surface area is 124 Å². The van der Waals surface area contributed by atoms with Crippen LogP contribution in [-0.2, 0) is 0 Å². The number of piperidine rings is 1. The third-order valence-electron chi connectivity index (χ3n) is 4.60. The lowest BCUT2D eigenvalue weighted by molar-refractivity contribution is 0.0548. The Morgan fingerprint density at radius 1 is 1.40 bits per heavy atom. The average molecular weight is 294 g/mol. The summed E-state index contributed by atoms with van der Waals surface area (Å²) in [4.78, 5) is 19.0. The maximum Gasteiger partial charge on any atom is 0.255 e. The second-order valence-electron chi connectivity index (χ2n) is 5.70. The first-order valence-corrected chi connectivity index (χ1v) is 7.73. The van der Waals surface area contributed by atoms with E-state index in [0.29, 0.717) is 28.4 Å². The molecule has 1 aromatic heterocycles. The molecule has 108 valence electrons. The molecule has 1 saturated carbocycles. The lowest BCUT2D eigenvalue weighted by Gasteiger charge is -2.38. The molecule has 3 rings (SSSR count). The van der Waals surface area contributed by atoms with E-state index in [1.54, 1.807) is 19.3 Å². The Morgan fingerprint density at radius 3 is 3.00 bits per heavy atom. The number of carbonyl (C=O) groups is 1. The summed E-state index contributed by atoms with van der Waals surface area (Å²) in [6.45, 7) is 0.855. The zero-order valence-electron chi connectivity index (χ0n) is 11.7. The lowest BCUT2D eigenvalue weighted by atomic mass is 9.91. The van der Waals surface area contributed by atoms with E-state index >= 15 is 0 Å². The van der Waals surface area contributed by atoms with Gasteiger partial charge in [0.25, 0.3) is 5.91 Å². The normalized spacial score (nSPS) is 25.4. The minimum atomic E-state index is 0.0606. The molecule has 5 heteroatoms. The lowest BCUT2D eigenvalue weighted by Crippen LogP contribution is -2.46. The molecule has 1 aliphatic heterocycles. The number of fused-ring (bicyclic) bond motifs is 1. The third-order valence-corrected chi connectivity index (χ3v) is 4.90. The molecule has 1 saturated heterocycles. The van der Waals surface area contributed by atoms with Gasteiger partial charge in [0.05, 0.1) is 10.6 Å². The minimum absolute atomic E-state index is 0.0606. The van der Waals surface area contributed by atoms with Gasteiger partial charge in [0, 0.05) is 25.8 Å². The van der Waals surface area contributed by atoms with E-state index in [1.807, 2.05) is 4.90 Å². The molecular formula is C15H20ClN3O. The molecule has 0 aromatic carbocycles. The van der Waals surface area contributed by atoms with Crippen molar-refractivity contribution in [1.29, 1.82) is 0 Å². The van der Waals surface area contributed by atoms with Crippen LogP contribution in [0.5, 0.6) is 0 Å². The molecule has 1 aliphatic carbocycles. The molecule has 0 bridgehead atoms. The number of pyridine rings is 1. The Kier molecular flexibility index (Phi) is 3.83. The number of halogens is 1. The molecule has 1 amide bonds. The van der Waals surface area contributed by atoms with Crippen LogP contribution in [0, 0.1) is 5.92 Å². The van der Waals surface area contributed by atoms with E-state index in [9.17, 15) is 4.79 Å². The summed E-state index contributed by atoms with van der Waals surface area (Å²) in [6.07, 6.45) is 7.56. The van der Waals surface area contributed by atoms with Crippen molar-refractivity contribution in [2.24, 2.45) is 5.92 Å². The number of likely N-dealkylation sites (tertiary alicyclic amines) is 1. The first kappa shape index (κ1) is 13.7. The monoisotopic (exact) mass is 293 g/mol. The van der Waals surface area contributed by atoms with Gasteiger partial charge >= 0.3 is 0 Å². The Balaban J connectivity index is 1.88. The third kappa shape index (κ3) is 2.37. The molecule has 2 fully saturated rings. The van der Waals surface area contributed by atoms with Crippen molar-refractivity contribution in [3.8, 4) is 0 Å². The Hall–Kier alpha value is -1.29. The molecular weight excluding hydrogens is 274 g/mol. The number of rotatable bonds is 2. The van der Waals surface area contributed by atoms with Gasteiger partial charge in [-0.25, -0.2) is 4.98 Å². The van der Waals surface area contributed by atoms with Gasteiger partial charge in [-0.3, -0.25) is 4.79 Å². The van der Waals surface area contributed by atoms with Crippen LogP contribution in [0.25, 0.3) is 0 Å². The first-order chi connectivity index (χ1) is 9.70. The second-order valence-corrected chi connectivity index (χ2v) is 6.11. The number of amides is 1. The van der Waals surface area contributed by atoms with Gasteiger partial charge in [0.2, 0.25) is 0 Å². The summed E-state index contributed by atoms with van der Waals surface area (Å²) >= 11 is 6.17. The Morgan fingerprint density at radius 2 is 2.20 bits per heavy atom. The average Bonchev–Trinajstić information content (AvgIpc) is 2.95. The molecule has 20 heavy (non-hydrogen) atoms. The van der Waals surface area contributed by atoms with E-state index in [1.165, 1.54) is 19.3 Å². The number of aromatic nitrogens is 1. The summed E-state index contributed by atoms with van der Waals surface area (Å²) in [6, 6.07) is 2.17. The smallest absolute Gasteiger partial charge is 0.255 e. The molecule has 0 spiro atoms. The number of anilines is 1. The second kappa shape index (κ2) is 5.60. The number of hydrogen-bond donors (Lipinski definition) is 1. The van der Waals surface area contributed by atoms with Crippen LogP contribution in [0.4, 0.5) is 5.82 Å². The highest BCUT2D eigenvalue weighted by molar-refractivity contribution is 6.33. The fraction of sp³-hybridized carbons (Fsp3) is 0.600. The highest BCUT2D eigenvalue weighted by Crippen LogP contribution is 2.37. The minimum Gasteiger partial charge on any atom is -0.373 e. The molecule has 2 heterocycles. The van der Waals surface area contributed by atoms with Crippen molar-refractivity contribution in [3.05, 3.63) is 22.8 Å². The predicted molar refractivity (Wildman–Crippen MR) is 80.2 cm³/mol. The van der Waals surface area contributed by atoms with Crippen molar-refractivity contribution >= 4 is 23.3 Å². The summed E-state index contributed by atoms with van der Waals surface area (Å²) in [5, 5.41) is 3.40. The summed E-state index contributed by atoms with van der Waals surface area (Å²) in [5.41, 5.74) is 0.568. The maximum absolute atomic E-state index is 12.8. The van der Waals surface area contributed by atoms with Crippen LogP contribution in [0.2, 0.25) is 5.02 Å². The van der Waals surface area contributed by atoms with E-state index in [-0.39, 0.29) is 5.91 Å². The van der Waals surface area contributed by atoms with Gasteiger partial charge in [-0.15, -0.1) is 0 Å². The number of nitrogens with one attached hydrogen (secondary N) is 1. The Bertz CT molecular complexity index is 520. The van der Waals surface area contributed by atoms with Gasteiger partial charge < -0.3 is 10.2 Å². The van der Waals surface area contributed by atoms with E-state index in [0.717, 1.165) is 19.4 Å². The molecule has 0 radical (unpaired) electrons. The quantitative estimate of drug-likeness (QED) is 0.911. The predicted octanol–water partition coefficient (Wildman–Crippen LogP) is 3.18. The SMILES string of the molecule is CNc1cc(C(=O)N2CCCC3CCCC32)c(Cl)cn1. The first-order valence-electron chi connectivity index (χ1n) is 7.35. The molecule has 1 N–H and O–H groups in total. The van der Waals surface area contributed by atoms with Crippen LogP contribution in [0.3, 0.4) is 0 Å². The van der Waals surface area contributed by atoms with Crippen molar-refractivity contribution in [2.75, 3.05) is 18.9 Å². The van der Waals surface area contributed by atoms with Gasteiger partial charge in [0.15, 0.2) is 0 Å². The summed E-state index contributed by atoms with van der Waals surface area (Å²) in [5.74, 6) is 1.43. The van der Waals surface area contributed by atoms with Crippen LogP contribution in [0.1, 0.15) is 42.5 Å². The van der Waals surface area contributed by atoms with Gasteiger partial charge in [-0.2, -0.15) is 0 Å². The standard InChI is InChI=1S/C15H20ClN3O/c1-17-14-8-11(12(16)9-18-14)15(20)19-7-3-5-10-4-2-6-13(10)19/h8-10,13H,2-7H2,1H3,(H,17,18). The van der Waals surface area contributed by atoms with Crippen LogP contribution < -0.4 is 5.32 Å². The van der Waals surface area contributed by atoms with Crippen molar-refractivity contribution in [3.63, 3.8) is 0 Å². The maximum atomic E-state index is 12.8. The molecule has 2 atom stereocenters. The molecule has 4 nitrogen and oxygen atoms in total. The van der Waals surface area contributed by atoms with Crippen LogP contribution >= 0.6 is 11.6 Å². The fourth-order valence-corrected chi connectivity index (χ4v) is 3.78. The zero-order valence-corrected chi connectivity index (χ0v) is 12.5. The summed E-state index contributed by atoms with van der Waals surface area (Å²) < 4.78 is 0.